The number of amides is 1. The Bertz CT molecular complexity index is 1450. The Morgan fingerprint density at radius 3 is 2.38 bits per heavy atom. The zero-order valence-corrected chi connectivity index (χ0v) is 24.2. The minimum atomic E-state index is -4.74. The first-order valence-corrected chi connectivity index (χ1v) is 14.5. The summed E-state index contributed by atoms with van der Waals surface area (Å²) in [6, 6.07) is 19.0. The van der Waals surface area contributed by atoms with Crippen LogP contribution >= 0.6 is 11.8 Å². The molecule has 1 heterocycles. The van der Waals surface area contributed by atoms with Crippen LogP contribution in [0.1, 0.15) is 41.5 Å². The van der Waals surface area contributed by atoms with Crippen molar-refractivity contribution >= 4 is 46.4 Å². The first-order chi connectivity index (χ1) is 20.1. The lowest BCUT2D eigenvalue weighted by Crippen LogP contribution is -2.26. The van der Waals surface area contributed by atoms with Crippen molar-refractivity contribution in [1.29, 1.82) is 0 Å². The van der Waals surface area contributed by atoms with Gasteiger partial charge in [0.25, 0.3) is 0 Å². The Morgan fingerprint density at radius 2 is 1.71 bits per heavy atom. The van der Waals surface area contributed by atoms with E-state index in [1.165, 1.54) is 41.7 Å². The van der Waals surface area contributed by atoms with Crippen LogP contribution in [0.4, 0.5) is 24.5 Å². The van der Waals surface area contributed by atoms with Gasteiger partial charge >= 0.3 is 6.36 Å². The van der Waals surface area contributed by atoms with Crippen LogP contribution < -0.4 is 15.4 Å². The third kappa shape index (κ3) is 8.94. The molecule has 7 nitrogen and oxygen atoms in total. The molecule has 0 spiro atoms. The van der Waals surface area contributed by atoms with Crippen molar-refractivity contribution in [3.05, 3.63) is 89.0 Å². The van der Waals surface area contributed by atoms with E-state index in [1.54, 1.807) is 11.8 Å². The molecule has 0 unspecified atom stereocenters. The first kappa shape index (κ1) is 30.8. The van der Waals surface area contributed by atoms with E-state index in [0.717, 1.165) is 48.0 Å². The van der Waals surface area contributed by atoms with Crippen LogP contribution in [0.5, 0.6) is 5.75 Å². The van der Waals surface area contributed by atoms with Crippen molar-refractivity contribution in [3.63, 3.8) is 0 Å². The van der Waals surface area contributed by atoms with E-state index in [0.29, 0.717) is 17.7 Å². The van der Waals surface area contributed by atoms with Crippen LogP contribution in [0.3, 0.4) is 0 Å². The predicted octanol–water partition coefficient (Wildman–Crippen LogP) is 7.12. The van der Waals surface area contributed by atoms with Crippen molar-refractivity contribution < 1.29 is 22.7 Å². The second kappa shape index (κ2) is 14.2. The largest absolute Gasteiger partial charge is 0.573 e. The van der Waals surface area contributed by atoms with Gasteiger partial charge in [-0.15, -0.1) is 13.2 Å². The summed E-state index contributed by atoms with van der Waals surface area (Å²) in [4.78, 5) is 27.4. The molecule has 4 rings (SSSR count). The average Bonchev–Trinajstić information content (AvgIpc) is 3.38. The van der Waals surface area contributed by atoms with E-state index in [9.17, 15) is 18.0 Å². The van der Waals surface area contributed by atoms with Gasteiger partial charge in [-0.1, -0.05) is 54.2 Å². The number of ether oxygens (including phenoxy) is 1. The molecule has 0 radical (unpaired) electrons. The number of aliphatic imine (C=N–C) groups is 3. The van der Waals surface area contributed by atoms with Gasteiger partial charge in [0, 0.05) is 30.0 Å². The molecule has 1 saturated heterocycles. The number of benzene rings is 3. The molecule has 1 fully saturated rings. The highest BCUT2D eigenvalue weighted by Crippen LogP contribution is 2.31. The Labute approximate surface area is 247 Å². The lowest BCUT2D eigenvalue weighted by atomic mass is 10.0. The Kier molecular flexibility index (Phi) is 10.4. The fourth-order valence-corrected chi connectivity index (χ4v) is 5.47. The Balaban J connectivity index is 1.23. The van der Waals surface area contributed by atoms with E-state index in [2.05, 4.69) is 50.6 Å². The Hall–Kier alpha value is -4.12. The van der Waals surface area contributed by atoms with Crippen molar-refractivity contribution in [1.82, 2.24) is 0 Å². The number of carbonyl (C=O) groups excluding carboxylic acids is 1. The average molecular weight is 596 g/mol. The monoisotopic (exact) mass is 595 g/mol. The number of para-hydroxylation sites is 1. The van der Waals surface area contributed by atoms with Crippen LogP contribution in [0, 0.1) is 13.8 Å². The second-order valence-electron chi connectivity index (χ2n) is 9.73. The molecule has 42 heavy (non-hydrogen) atoms. The van der Waals surface area contributed by atoms with Crippen molar-refractivity contribution in [3.8, 4) is 5.75 Å². The highest BCUT2D eigenvalue weighted by atomic mass is 32.2. The summed E-state index contributed by atoms with van der Waals surface area (Å²) in [6.45, 7) is 5.01. The molecular weight excluding hydrogens is 563 g/mol. The third-order valence-corrected chi connectivity index (χ3v) is 7.49. The fraction of sp³-hybridized carbons (Fsp3) is 0.290. The number of aryl methyl sites for hydroxylation is 3. The van der Waals surface area contributed by atoms with Gasteiger partial charge in [-0.25, -0.2) is 9.98 Å². The standard InChI is InChI=1S/C31H32F3N5O2S/c1-21-6-5-7-22(2)28(21)39-18-19-42-30(39)38-27(40)9-4-3-8-23-10-12-24(13-11-23)29(35)37-20-36-25-14-16-26(17-15-25)41-31(32,33)34/h5-7,10-17,20H,3-4,8-9,18-19H2,1-2H3,(H2,35,36,37). The van der Waals surface area contributed by atoms with Crippen molar-refractivity contribution in [2.45, 2.75) is 45.9 Å². The third-order valence-electron chi connectivity index (χ3n) is 6.54. The van der Waals surface area contributed by atoms with E-state index >= 15 is 0 Å². The van der Waals surface area contributed by atoms with E-state index in [-0.39, 0.29) is 17.5 Å². The summed E-state index contributed by atoms with van der Waals surface area (Å²) in [5, 5.41) is 0.783. The molecule has 2 N–H and O–H groups in total. The van der Waals surface area contributed by atoms with Crippen molar-refractivity contribution in [2.75, 3.05) is 17.2 Å². The molecule has 3 aromatic rings. The molecule has 0 saturated carbocycles. The molecule has 0 aromatic heterocycles. The number of halogens is 3. The minimum Gasteiger partial charge on any atom is -0.406 e. The number of amidine groups is 2. The minimum absolute atomic E-state index is 0.0952. The summed E-state index contributed by atoms with van der Waals surface area (Å²) in [5.41, 5.74) is 11.8. The summed E-state index contributed by atoms with van der Waals surface area (Å²) in [6.07, 6.45) is -0.678. The maximum Gasteiger partial charge on any atom is 0.573 e. The lowest BCUT2D eigenvalue weighted by molar-refractivity contribution is -0.274. The van der Waals surface area contributed by atoms with E-state index in [4.69, 9.17) is 5.73 Å². The van der Waals surface area contributed by atoms with Gasteiger partial charge in [0.1, 0.15) is 17.9 Å². The number of carbonyl (C=O) groups is 1. The number of nitrogens with zero attached hydrogens (tertiary/aromatic N) is 4. The van der Waals surface area contributed by atoms with Crippen LogP contribution in [-0.4, -0.2) is 41.9 Å². The summed E-state index contributed by atoms with van der Waals surface area (Å²) in [7, 11) is 0. The molecular formula is C31H32F3N5O2S. The normalized spacial score (nSPS) is 15.1. The predicted molar refractivity (Wildman–Crippen MR) is 164 cm³/mol. The molecule has 1 aliphatic heterocycles. The number of hydrogen-bond acceptors (Lipinski definition) is 4. The summed E-state index contributed by atoms with van der Waals surface area (Å²) < 4.78 is 40.6. The molecule has 0 aliphatic carbocycles. The number of alkyl halides is 3. The fourth-order valence-electron chi connectivity index (χ4n) is 4.51. The molecule has 1 amide bonds. The van der Waals surface area contributed by atoms with E-state index < -0.39 is 6.36 Å². The van der Waals surface area contributed by atoms with Gasteiger partial charge in [-0.05, 0) is 74.1 Å². The van der Waals surface area contributed by atoms with Gasteiger partial charge < -0.3 is 15.4 Å². The number of unbranched alkanes of at least 4 members (excludes halogenated alkanes) is 1. The topological polar surface area (TPSA) is 92.6 Å². The van der Waals surface area contributed by atoms with Gasteiger partial charge in [0.2, 0.25) is 5.91 Å². The number of hydrogen-bond donors (Lipinski definition) is 1. The molecule has 3 aromatic carbocycles. The second-order valence-corrected chi connectivity index (χ2v) is 10.8. The van der Waals surface area contributed by atoms with Crippen LogP contribution in [0.25, 0.3) is 0 Å². The molecule has 0 atom stereocenters. The lowest BCUT2D eigenvalue weighted by Gasteiger charge is -2.22. The molecule has 220 valence electrons. The SMILES string of the molecule is Cc1cccc(C)c1N1CCSC1=NC(=O)CCCCc1ccc(C(N)=NC=Nc2ccc(OC(F)(F)F)cc2)cc1. The Morgan fingerprint density at radius 1 is 1.02 bits per heavy atom. The summed E-state index contributed by atoms with van der Waals surface area (Å²) >= 11 is 1.62. The first-order valence-electron chi connectivity index (χ1n) is 13.5. The zero-order chi connectivity index (χ0) is 30.1. The van der Waals surface area contributed by atoms with Gasteiger partial charge in [-0.3, -0.25) is 4.79 Å². The smallest absolute Gasteiger partial charge is 0.406 e. The highest BCUT2D eigenvalue weighted by Gasteiger charge is 2.31. The number of rotatable bonds is 10. The van der Waals surface area contributed by atoms with Gasteiger partial charge in [0.05, 0.1) is 5.69 Å². The maximum atomic E-state index is 12.6. The molecule has 1 aliphatic rings. The maximum absolute atomic E-state index is 12.6. The summed E-state index contributed by atoms with van der Waals surface area (Å²) in [5.74, 6) is 0.748. The van der Waals surface area contributed by atoms with Gasteiger partial charge in [-0.2, -0.15) is 4.99 Å². The zero-order valence-electron chi connectivity index (χ0n) is 23.4. The number of thioether (sulfide) groups is 1. The molecule has 0 bridgehead atoms. The van der Waals surface area contributed by atoms with Gasteiger partial charge in [0.15, 0.2) is 5.17 Å². The van der Waals surface area contributed by atoms with Crippen LogP contribution in [-0.2, 0) is 11.2 Å². The molecule has 11 heteroatoms. The van der Waals surface area contributed by atoms with Crippen LogP contribution in [0.2, 0.25) is 0 Å². The van der Waals surface area contributed by atoms with Crippen LogP contribution in [0.15, 0.2) is 81.7 Å². The quantitative estimate of drug-likeness (QED) is 0.153. The highest BCUT2D eigenvalue weighted by molar-refractivity contribution is 8.14. The number of anilines is 1. The number of nitrogens with two attached hydrogens (primary N) is 1. The van der Waals surface area contributed by atoms with Crippen molar-refractivity contribution in [2.24, 2.45) is 20.7 Å². The van der Waals surface area contributed by atoms with E-state index in [1.807, 2.05) is 30.3 Å².